The largest absolute Gasteiger partial charge is 0.497 e. The fourth-order valence-corrected chi connectivity index (χ4v) is 5.80. The summed E-state index contributed by atoms with van der Waals surface area (Å²) in [5.41, 5.74) is 5.41. The number of benzene rings is 3. The van der Waals surface area contributed by atoms with Gasteiger partial charge in [0.2, 0.25) is 0 Å². The van der Waals surface area contributed by atoms with E-state index in [4.69, 9.17) is 14.2 Å². The molecule has 0 amide bonds. The first-order valence-corrected chi connectivity index (χ1v) is 12.8. The molecule has 4 atom stereocenters. The highest BCUT2D eigenvalue weighted by molar-refractivity contribution is 5.51. The number of hydrogen-bond acceptors (Lipinski definition) is 4. The van der Waals surface area contributed by atoms with Crippen molar-refractivity contribution in [2.24, 2.45) is 5.92 Å². The molecule has 5 rings (SSSR count). The van der Waals surface area contributed by atoms with E-state index in [0.717, 1.165) is 36.2 Å². The van der Waals surface area contributed by atoms with E-state index in [9.17, 15) is 0 Å². The first-order valence-electron chi connectivity index (χ1n) is 12.8. The minimum atomic E-state index is 0.295. The second-order valence-corrected chi connectivity index (χ2v) is 10.2. The molecule has 2 aliphatic rings. The molecule has 184 valence electrons. The smallest absolute Gasteiger partial charge is 0.119 e. The van der Waals surface area contributed by atoms with E-state index in [0.29, 0.717) is 17.9 Å². The van der Waals surface area contributed by atoms with Crippen LogP contribution in [0.4, 0.5) is 0 Å². The Hall–Kier alpha value is -2.98. The summed E-state index contributed by atoms with van der Waals surface area (Å²) in [7, 11) is 3.45. The molecule has 4 unspecified atom stereocenters. The van der Waals surface area contributed by atoms with Gasteiger partial charge in [0.25, 0.3) is 0 Å². The van der Waals surface area contributed by atoms with Gasteiger partial charge in [-0.3, -0.25) is 4.90 Å². The van der Waals surface area contributed by atoms with E-state index >= 15 is 0 Å². The fraction of sp³-hybridized carbons (Fsp3) is 0.419. The monoisotopic (exact) mass is 471 g/mol. The molecule has 0 saturated carbocycles. The number of hydrogen-bond donors (Lipinski definition) is 0. The second kappa shape index (κ2) is 10.3. The van der Waals surface area contributed by atoms with Crippen LogP contribution in [-0.4, -0.2) is 44.9 Å². The summed E-state index contributed by atoms with van der Waals surface area (Å²) in [5, 5.41) is 0. The maximum Gasteiger partial charge on any atom is 0.119 e. The minimum Gasteiger partial charge on any atom is -0.497 e. The van der Waals surface area contributed by atoms with Crippen LogP contribution < -0.4 is 14.2 Å². The summed E-state index contributed by atoms with van der Waals surface area (Å²) >= 11 is 0. The molecule has 1 aliphatic heterocycles. The van der Waals surface area contributed by atoms with Crippen LogP contribution in [-0.2, 0) is 6.42 Å². The predicted molar refractivity (Wildman–Crippen MR) is 141 cm³/mol. The quantitative estimate of drug-likeness (QED) is 0.387. The maximum absolute atomic E-state index is 6.20. The summed E-state index contributed by atoms with van der Waals surface area (Å²) in [6, 6.07) is 24.3. The first kappa shape index (κ1) is 23.7. The third kappa shape index (κ3) is 5.04. The number of ether oxygens (including phenoxy) is 3. The molecule has 1 saturated heterocycles. The van der Waals surface area contributed by atoms with E-state index < -0.39 is 0 Å². The molecular formula is C31H37NO3. The molecule has 3 aromatic rings. The summed E-state index contributed by atoms with van der Waals surface area (Å²) in [4.78, 5) is 2.54. The average Bonchev–Trinajstić information content (AvgIpc) is 3.51. The average molecular weight is 472 g/mol. The van der Waals surface area contributed by atoms with Crippen LogP contribution in [0.5, 0.6) is 17.2 Å². The van der Waals surface area contributed by atoms with Crippen molar-refractivity contribution in [3.05, 3.63) is 89.0 Å². The number of nitrogens with zero attached hydrogens (tertiary/aromatic N) is 1. The van der Waals surface area contributed by atoms with E-state index in [2.05, 4.69) is 85.5 Å². The van der Waals surface area contributed by atoms with Gasteiger partial charge in [0.05, 0.1) is 14.2 Å². The van der Waals surface area contributed by atoms with Gasteiger partial charge in [0.15, 0.2) is 0 Å². The van der Waals surface area contributed by atoms with Crippen molar-refractivity contribution < 1.29 is 14.2 Å². The Labute approximate surface area is 209 Å². The van der Waals surface area contributed by atoms with Gasteiger partial charge in [-0.05, 0) is 96.8 Å². The van der Waals surface area contributed by atoms with Crippen molar-refractivity contribution in [3.63, 3.8) is 0 Å². The Kier molecular flexibility index (Phi) is 7.01. The Morgan fingerprint density at radius 3 is 2.17 bits per heavy atom. The highest BCUT2D eigenvalue weighted by Crippen LogP contribution is 2.49. The Balaban J connectivity index is 1.36. The maximum atomic E-state index is 6.20. The molecular weight excluding hydrogens is 434 g/mol. The molecule has 4 heteroatoms. The zero-order valence-corrected chi connectivity index (χ0v) is 21.4. The molecule has 0 aromatic heterocycles. The summed E-state index contributed by atoms with van der Waals surface area (Å²) in [5.74, 6) is 4.21. The van der Waals surface area contributed by atoms with Gasteiger partial charge in [0, 0.05) is 18.5 Å². The van der Waals surface area contributed by atoms with E-state index in [1.807, 2.05) is 0 Å². The van der Waals surface area contributed by atoms with Gasteiger partial charge < -0.3 is 14.2 Å². The van der Waals surface area contributed by atoms with Crippen LogP contribution in [0.2, 0.25) is 0 Å². The Bertz CT molecular complexity index is 1120. The first-order chi connectivity index (χ1) is 17.1. The molecule has 0 spiro atoms. The highest BCUT2D eigenvalue weighted by atomic mass is 16.5. The number of likely N-dealkylation sites (tertiary alicyclic amines) is 1. The standard InChI is InChI=1S/C31H37NO3/c1-21-15-16-32(19-21)22(2)20-35-27-11-7-24(8-12-27)31-29-14-13-28(34-4)17-25(29)18-30(31)23-5-9-26(33-3)10-6-23/h5-14,17,21-22,30-31H,15-16,18-20H2,1-4H3. The van der Waals surface area contributed by atoms with Crippen molar-refractivity contribution in [1.82, 2.24) is 4.90 Å². The zero-order valence-electron chi connectivity index (χ0n) is 21.4. The lowest BCUT2D eigenvalue weighted by atomic mass is 9.82. The summed E-state index contributed by atoms with van der Waals surface area (Å²) in [6.07, 6.45) is 2.29. The lowest BCUT2D eigenvalue weighted by Crippen LogP contribution is -2.35. The van der Waals surface area contributed by atoms with Crippen LogP contribution in [0.25, 0.3) is 0 Å². The van der Waals surface area contributed by atoms with E-state index in [-0.39, 0.29) is 0 Å². The predicted octanol–water partition coefficient (Wildman–Crippen LogP) is 6.28. The zero-order chi connectivity index (χ0) is 24.4. The van der Waals surface area contributed by atoms with Crippen molar-refractivity contribution >= 4 is 0 Å². The molecule has 35 heavy (non-hydrogen) atoms. The van der Waals surface area contributed by atoms with Crippen LogP contribution in [0, 0.1) is 5.92 Å². The van der Waals surface area contributed by atoms with Gasteiger partial charge in [-0.25, -0.2) is 0 Å². The number of rotatable bonds is 8. The molecule has 3 aromatic carbocycles. The molecule has 1 aliphatic carbocycles. The molecule has 4 nitrogen and oxygen atoms in total. The van der Waals surface area contributed by atoms with Crippen molar-refractivity contribution in [1.29, 1.82) is 0 Å². The lowest BCUT2D eigenvalue weighted by molar-refractivity contribution is 0.169. The van der Waals surface area contributed by atoms with Crippen LogP contribution >= 0.6 is 0 Å². The Morgan fingerprint density at radius 2 is 1.51 bits per heavy atom. The van der Waals surface area contributed by atoms with Gasteiger partial charge in [-0.1, -0.05) is 37.3 Å². The molecule has 1 fully saturated rings. The van der Waals surface area contributed by atoms with Crippen LogP contribution in [0.15, 0.2) is 66.7 Å². The third-order valence-corrected chi connectivity index (χ3v) is 7.88. The molecule has 1 heterocycles. The number of fused-ring (bicyclic) bond motifs is 1. The minimum absolute atomic E-state index is 0.295. The van der Waals surface area contributed by atoms with Crippen LogP contribution in [0.3, 0.4) is 0 Å². The highest BCUT2D eigenvalue weighted by Gasteiger charge is 2.35. The molecule has 0 radical (unpaired) electrons. The fourth-order valence-electron chi connectivity index (χ4n) is 5.80. The summed E-state index contributed by atoms with van der Waals surface area (Å²) < 4.78 is 17.1. The van der Waals surface area contributed by atoms with Crippen LogP contribution in [0.1, 0.15) is 54.4 Å². The SMILES string of the molecule is COc1ccc(C2Cc3cc(OC)ccc3C2c2ccc(OCC(C)N3CCC(C)C3)cc2)cc1. The van der Waals surface area contributed by atoms with Gasteiger partial charge in [-0.2, -0.15) is 0 Å². The van der Waals surface area contributed by atoms with Crippen molar-refractivity contribution in [3.8, 4) is 17.2 Å². The van der Waals surface area contributed by atoms with Crippen molar-refractivity contribution in [2.75, 3.05) is 33.9 Å². The van der Waals surface area contributed by atoms with Gasteiger partial charge in [-0.15, -0.1) is 0 Å². The number of methoxy groups -OCH3 is 2. The molecule has 0 N–H and O–H groups in total. The van der Waals surface area contributed by atoms with Gasteiger partial charge >= 0.3 is 0 Å². The topological polar surface area (TPSA) is 30.9 Å². The Morgan fingerprint density at radius 1 is 0.857 bits per heavy atom. The lowest BCUT2D eigenvalue weighted by Gasteiger charge is -2.25. The van der Waals surface area contributed by atoms with Crippen molar-refractivity contribution in [2.45, 2.75) is 44.6 Å². The second-order valence-electron chi connectivity index (χ2n) is 10.2. The molecule has 0 bridgehead atoms. The van der Waals surface area contributed by atoms with E-state index in [1.165, 1.54) is 41.8 Å². The normalized spacial score (nSPS) is 22.6. The third-order valence-electron chi connectivity index (χ3n) is 7.88. The summed E-state index contributed by atoms with van der Waals surface area (Å²) in [6.45, 7) is 7.70. The van der Waals surface area contributed by atoms with Gasteiger partial charge in [0.1, 0.15) is 23.9 Å². The van der Waals surface area contributed by atoms with E-state index in [1.54, 1.807) is 14.2 Å².